The maximum absolute atomic E-state index is 10.7. The Labute approximate surface area is 170 Å². The summed E-state index contributed by atoms with van der Waals surface area (Å²) in [6.45, 7) is 8.61. The number of hydrogen-bond acceptors (Lipinski definition) is 7. The molecule has 1 rings (SSSR count). The van der Waals surface area contributed by atoms with Crippen molar-refractivity contribution in [2.45, 2.75) is 39.7 Å². The molecule has 0 aromatic carbocycles. The van der Waals surface area contributed by atoms with E-state index in [9.17, 15) is 14.2 Å². The molecular formula is C13H29NNaO9P. The first-order chi connectivity index (χ1) is 11.1. The van der Waals surface area contributed by atoms with Crippen molar-refractivity contribution in [2.75, 3.05) is 32.9 Å². The summed E-state index contributed by atoms with van der Waals surface area (Å²) in [4.78, 5) is 38.9. The van der Waals surface area contributed by atoms with Crippen molar-refractivity contribution in [3.8, 4) is 0 Å². The van der Waals surface area contributed by atoms with E-state index in [0.717, 1.165) is 39.1 Å². The second-order valence-corrected chi connectivity index (χ2v) is 5.62. The molecule has 0 bridgehead atoms. The molecule has 0 saturated carbocycles. The van der Waals surface area contributed by atoms with Gasteiger partial charge in [0.15, 0.2) is 6.10 Å². The number of amides is 1. The van der Waals surface area contributed by atoms with Gasteiger partial charge in [-0.25, -0.2) is 9.36 Å². The van der Waals surface area contributed by atoms with Crippen molar-refractivity contribution in [2.24, 2.45) is 0 Å². The Morgan fingerprint density at radius 1 is 1.28 bits per heavy atom. The standard InChI is InChI=1S/C6H11NO.C4H10O.C3H7O7P.Na.H/c1-2-7-5-3-4-6(7)8;1-3-5-4-2;4-1-2(5)3(6)10-11(7,8)9;;/h2-5H2,1H3;3-4H2,1-2H3;2,4-5H,1H2,(H2,7,8,9);;. The van der Waals surface area contributed by atoms with E-state index in [2.05, 4.69) is 4.52 Å². The number of phosphoric acid groups is 1. The Morgan fingerprint density at radius 3 is 2.00 bits per heavy atom. The van der Waals surface area contributed by atoms with Crippen LogP contribution in [-0.2, 0) is 23.4 Å². The third-order valence-electron chi connectivity index (χ3n) is 2.62. The third-order valence-corrected chi connectivity index (χ3v) is 3.03. The predicted molar refractivity (Wildman–Crippen MR) is 92.0 cm³/mol. The number of ether oxygens (including phenoxy) is 1. The van der Waals surface area contributed by atoms with Gasteiger partial charge in [0.25, 0.3) is 0 Å². The average molecular weight is 397 g/mol. The number of carbonyl (C=O) groups excluding carboxylic acids is 2. The summed E-state index contributed by atoms with van der Waals surface area (Å²) < 4.78 is 18.2. The van der Waals surface area contributed by atoms with Crippen LogP contribution in [0.4, 0.5) is 0 Å². The number of likely N-dealkylation sites (tertiary alicyclic amines) is 1. The average Bonchev–Trinajstić information content (AvgIpc) is 2.92. The van der Waals surface area contributed by atoms with Gasteiger partial charge in [0, 0.05) is 32.7 Å². The van der Waals surface area contributed by atoms with Crippen molar-refractivity contribution in [3.05, 3.63) is 0 Å². The van der Waals surface area contributed by atoms with Crippen LogP contribution in [-0.4, -0.2) is 105 Å². The predicted octanol–water partition coefficient (Wildman–Crippen LogP) is -1.00. The molecular weight excluding hydrogens is 368 g/mol. The fourth-order valence-electron chi connectivity index (χ4n) is 1.50. The van der Waals surface area contributed by atoms with Crippen LogP contribution in [0, 0.1) is 0 Å². The van der Waals surface area contributed by atoms with Gasteiger partial charge < -0.3 is 24.4 Å². The number of hydrogen-bond donors (Lipinski definition) is 4. The molecule has 0 spiro atoms. The number of aliphatic hydroxyl groups is 2. The van der Waals surface area contributed by atoms with E-state index in [-0.39, 0.29) is 29.6 Å². The van der Waals surface area contributed by atoms with Gasteiger partial charge in [-0.15, -0.1) is 0 Å². The Kier molecular flexibility index (Phi) is 20.7. The van der Waals surface area contributed by atoms with Crippen molar-refractivity contribution in [1.82, 2.24) is 4.90 Å². The minimum atomic E-state index is -4.91. The monoisotopic (exact) mass is 397 g/mol. The zero-order valence-corrected chi connectivity index (χ0v) is 15.1. The second-order valence-electron chi connectivity index (χ2n) is 4.46. The summed E-state index contributed by atoms with van der Waals surface area (Å²) in [5.41, 5.74) is 0. The van der Waals surface area contributed by atoms with Crippen LogP contribution >= 0.6 is 7.82 Å². The van der Waals surface area contributed by atoms with Crippen LogP contribution in [0.2, 0.25) is 0 Å². The van der Waals surface area contributed by atoms with Gasteiger partial charge in [-0.2, -0.15) is 0 Å². The molecule has 10 nitrogen and oxygen atoms in total. The summed E-state index contributed by atoms with van der Waals surface area (Å²) in [6, 6.07) is 0. The number of phosphoric ester groups is 1. The Bertz CT molecular complexity index is 403. The third kappa shape index (κ3) is 18.6. The molecule has 146 valence electrons. The van der Waals surface area contributed by atoms with Crippen molar-refractivity contribution >= 4 is 49.3 Å². The molecule has 0 aromatic rings. The Balaban J connectivity index is -0.000000305. The fourth-order valence-corrected chi connectivity index (χ4v) is 1.85. The SMILES string of the molecule is CCN1CCCC1=O.CCOCC.O=C(OP(=O)(O)O)C(O)CO.[NaH]. The van der Waals surface area contributed by atoms with Gasteiger partial charge in [0.1, 0.15) is 0 Å². The molecule has 1 atom stereocenters. The van der Waals surface area contributed by atoms with Crippen molar-refractivity contribution in [3.63, 3.8) is 0 Å². The molecule has 0 radical (unpaired) electrons. The molecule has 1 unspecified atom stereocenters. The number of rotatable bonds is 6. The quantitative estimate of drug-likeness (QED) is 0.326. The van der Waals surface area contributed by atoms with Gasteiger partial charge >= 0.3 is 43.3 Å². The topological polar surface area (TPSA) is 154 Å². The Morgan fingerprint density at radius 2 is 1.80 bits per heavy atom. The van der Waals surface area contributed by atoms with E-state index in [0.29, 0.717) is 5.91 Å². The first-order valence-electron chi connectivity index (χ1n) is 7.56. The van der Waals surface area contributed by atoms with Crippen LogP contribution < -0.4 is 0 Å². The normalized spacial score (nSPS) is 14.4. The zero-order valence-electron chi connectivity index (χ0n) is 14.3. The first-order valence-corrected chi connectivity index (χ1v) is 9.09. The van der Waals surface area contributed by atoms with Crippen molar-refractivity contribution < 1.29 is 43.4 Å². The van der Waals surface area contributed by atoms with Gasteiger partial charge in [-0.1, -0.05) is 0 Å². The van der Waals surface area contributed by atoms with Crippen LogP contribution in [0.1, 0.15) is 33.6 Å². The van der Waals surface area contributed by atoms with E-state index < -0.39 is 26.5 Å². The van der Waals surface area contributed by atoms with Gasteiger partial charge in [0.2, 0.25) is 5.91 Å². The molecule has 1 amide bonds. The second kappa shape index (κ2) is 17.4. The molecule has 1 aliphatic rings. The molecule has 1 saturated heterocycles. The zero-order chi connectivity index (χ0) is 19.2. The fraction of sp³-hybridized carbons (Fsp3) is 0.846. The first kappa shape index (κ1) is 29.7. The van der Waals surface area contributed by atoms with Crippen LogP contribution in [0.15, 0.2) is 0 Å². The van der Waals surface area contributed by atoms with E-state index in [4.69, 9.17) is 24.7 Å². The molecule has 1 heterocycles. The van der Waals surface area contributed by atoms with Crippen LogP contribution in [0.3, 0.4) is 0 Å². The molecule has 1 aliphatic heterocycles. The maximum atomic E-state index is 10.7. The molecule has 25 heavy (non-hydrogen) atoms. The molecule has 1 fully saturated rings. The van der Waals surface area contributed by atoms with Crippen LogP contribution in [0.25, 0.3) is 0 Å². The van der Waals surface area contributed by atoms with Gasteiger partial charge in [0.05, 0.1) is 6.61 Å². The minimum absolute atomic E-state index is 0. The molecule has 0 aromatic heterocycles. The van der Waals surface area contributed by atoms with Crippen molar-refractivity contribution in [1.29, 1.82) is 0 Å². The summed E-state index contributed by atoms with van der Waals surface area (Å²) in [7, 11) is -4.91. The van der Waals surface area contributed by atoms with E-state index in [1.165, 1.54) is 0 Å². The number of aliphatic hydroxyl groups excluding tert-OH is 2. The summed E-state index contributed by atoms with van der Waals surface area (Å²) in [5.74, 6) is -1.23. The molecule has 0 aliphatic carbocycles. The van der Waals surface area contributed by atoms with E-state index >= 15 is 0 Å². The molecule has 12 heteroatoms. The van der Waals surface area contributed by atoms with E-state index in [1.54, 1.807) is 0 Å². The van der Waals surface area contributed by atoms with Crippen LogP contribution in [0.5, 0.6) is 0 Å². The van der Waals surface area contributed by atoms with E-state index in [1.807, 2.05) is 25.7 Å². The number of nitrogens with zero attached hydrogens (tertiary/aromatic N) is 1. The summed E-state index contributed by atoms with van der Waals surface area (Å²) in [5, 5.41) is 16.5. The number of carbonyl (C=O) groups is 2. The van der Waals surface area contributed by atoms with Gasteiger partial charge in [-0.3, -0.25) is 14.6 Å². The van der Waals surface area contributed by atoms with Gasteiger partial charge in [-0.05, 0) is 27.2 Å². The molecule has 4 N–H and O–H groups in total. The summed E-state index contributed by atoms with van der Waals surface area (Å²) >= 11 is 0. The summed E-state index contributed by atoms with van der Waals surface area (Å²) in [6.07, 6.45) is -0.0804. The Hall–Kier alpha value is -0.0300.